The summed E-state index contributed by atoms with van der Waals surface area (Å²) in [6, 6.07) is 30.5. The van der Waals surface area contributed by atoms with Crippen LogP contribution in [0.3, 0.4) is 0 Å². The molecule has 0 unspecified atom stereocenters. The molecule has 0 saturated carbocycles. The van der Waals surface area contributed by atoms with Gasteiger partial charge in [0, 0.05) is 34.4 Å². The molecule has 5 heteroatoms. The fourth-order valence-corrected chi connectivity index (χ4v) is 4.35. The lowest BCUT2D eigenvalue weighted by atomic mass is 9.92. The minimum absolute atomic E-state index is 0.417. The van der Waals surface area contributed by atoms with Crippen molar-refractivity contribution in [1.29, 1.82) is 0 Å². The van der Waals surface area contributed by atoms with Crippen molar-refractivity contribution < 1.29 is 9.47 Å². The number of pyridine rings is 1. The average Bonchev–Trinajstić information content (AvgIpc) is 2.93. The van der Waals surface area contributed by atoms with Gasteiger partial charge in [-0.05, 0) is 48.2 Å². The Morgan fingerprint density at radius 2 is 1.42 bits per heavy atom. The summed E-state index contributed by atoms with van der Waals surface area (Å²) in [6.45, 7) is 5.19. The summed E-state index contributed by atoms with van der Waals surface area (Å²) in [5, 5.41) is 3.34. The maximum Gasteiger partial charge on any atom is 0.225 e. The lowest BCUT2D eigenvalue weighted by Gasteiger charge is -2.20. The molecule has 4 rings (SSSR count). The molecule has 184 valence electrons. The number of hydrogen-bond acceptors (Lipinski definition) is 4. The van der Waals surface area contributed by atoms with Crippen molar-refractivity contribution in [2.24, 2.45) is 0 Å². The number of nitrogens with zero attached hydrogens (tertiary/aromatic N) is 1. The molecule has 0 aliphatic rings. The molecule has 1 N–H and O–H groups in total. The molecule has 0 bridgehead atoms. The van der Waals surface area contributed by atoms with Gasteiger partial charge in [-0.25, -0.2) is 0 Å². The Bertz CT molecular complexity index is 1320. The third kappa shape index (κ3) is 6.35. The smallest absolute Gasteiger partial charge is 0.225 e. The van der Waals surface area contributed by atoms with Crippen LogP contribution in [0.4, 0.5) is 5.69 Å². The van der Waals surface area contributed by atoms with E-state index in [9.17, 15) is 0 Å². The predicted molar refractivity (Wildman–Crippen MR) is 151 cm³/mol. The van der Waals surface area contributed by atoms with Gasteiger partial charge in [-0.15, -0.1) is 0 Å². The number of ether oxygens (including phenoxy) is 2. The first kappa shape index (κ1) is 25.5. The molecule has 1 heterocycles. The van der Waals surface area contributed by atoms with E-state index in [2.05, 4.69) is 71.5 Å². The van der Waals surface area contributed by atoms with Crippen molar-refractivity contribution in [2.45, 2.75) is 33.5 Å². The van der Waals surface area contributed by atoms with Crippen LogP contribution in [0.15, 0.2) is 101 Å². The van der Waals surface area contributed by atoms with Gasteiger partial charge in [-0.3, -0.25) is 0 Å². The van der Waals surface area contributed by atoms with Gasteiger partial charge in [0.25, 0.3) is 0 Å². The quantitative estimate of drug-likeness (QED) is 0.219. The topological polar surface area (TPSA) is 43.4 Å². The Labute approximate surface area is 222 Å². The second-order valence-electron chi connectivity index (χ2n) is 8.50. The second kappa shape index (κ2) is 12.4. The highest BCUT2D eigenvalue weighted by atomic mass is 79.9. The molecular weight excluding hydrogens is 512 g/mol. The van der Waals surface area contributed by atoms with Gasteiger partial charge in [-0.2, -0.15) is 4.98 Å². The van der Waals surface area contributed by atoms with E-state index in [1.165, 1.54) is 5.57 Å². The summed E-state index contributed by atoms with van der Waals surface area (Å²) < 4.78 is 13.4. The maximum atomic E-state index is 6.36. The number of anilines is 1. The van der Waals surface area contributed by atoms with Gasteiger partial charge >= 0.3 is 0 Å². The third-order valence-corrected chi connectivity index (χ3v) is 6.52. The minimum Gasteiger partial charge on any atom is -0.473 e. The van der Waals surface area contributed by atoms with Crippen LogP contribution in [0.25, 0.3) is 5.57 Å². The number of rotatable bonds is 10. The van der Waals surface area contributed by atoms with Crippen molar-refractivity contribution in [3.63, 3.8) is 0 Å². The molecule has 4 aromatic rings. The second-order valence-corrected chi connectivity index (χ2v) is 9.42. The van der Waals surface area contributed by atoms with E-state index in [4.69, 9.17) is 14.5 Å². The van der Waals surface area contributed by atoms with E-state index >= 15 is 0 Å². The zero-order valence-electron chi connectivity index (χ0n) is 20.9. The van der Waals surface area contributed by atoms with Crippen LogP contribution in [0, 0.1) is 0 Å². The highest BCUT2D eigenvalue weighted by molar-refractivity contribution is 9.10. The standard InChI is InChI=1S/C31H31BrN2O2/c1-4-22(2)30(26-16-15-25(32)19-28(26)33-3)27-17-18-29(35-20-23-11-7-5-8-12-23)34-31(27)36-21-24-13-9-6-10-14-24/h5-19,33H,4,20-21H2,1-3H3. The average molecular weight is 544 g/mol. The Morgan fingerprint density at radius 3 is 2.03 bits per heavy atom. The van der Waals surface area contributed by atoms with Crippen molar-refractivity contribution in [3.8, 4) is 11.8 Å². The SMILES string of the molecule is CCC(C)=C(c1ccc(Br)cc1NC)c1ccc(OCc2ccccc2)nc1OCc1ccccc1. The molecule has 36 heavy (non-hydrogen) atoms. The first-order valence-electron chi connectivity index (χ1n) is 12.1. The maximum absolute atomic E-state index is 6.36. The summed E-state index contributed by atoms with van der Waals surface area (Å²) in [5.74, 6) is 1.08. The summed E-state index contributed by atoms with van der Waals surface area (Å²) >= 11 is 3.60. The Hall–Kier alpha value is -3.57. The molecule has 0 aliphatic heterocycles. The molecule has 4 nitrogen and oxygen atoms in total. The number of hydrogen-bond donors (Lipinski definition) is 1. The fourth-order valence-electron chi connectivity index (χ4n) is 3.98. The zero-order valence-corrected chi connectivity index (χ0v) is 22.5. The van der Waals surface area contributed by atoms with Crippen LogP contribution in [-0.4, -0.2) is 12.0 Å². The summed E-state index contributed by atoms with van der Waals surface area (Å²) in [4.78, 5) is 4.83. The van der Waals surface area contributed by atoms with E-state index in [0.717, 1.165) is 44.4 Å². The van der Waals surface area contributed by atoms with Gasteiger partial charge < -0.3 is 14.8 Å². The Morgan fingerprint density at radius 1 is 0.806 bits per heavy atom. The zero-order chi connectivity index (χ0) is 25.3. The molecule has 1 aromatic heterocycles. The van der Waals surface area contributed by atoms with Crippen LogP contribution in [0.5, 0.6) is 11.8 Å². The van der Waals surface area contributed by atoms with Gasteiger partial charge in [0.2, 0.25) is 11.8 Å². The monoisotopic (exact) mass is 542 g/mol. The van der Waals surface area contributed by atoms with E-state index in [0.29, 0.717) is 25.0 Å². The van der Waals surface area contributed by atoms with Crippen LogP contribution < -0.4 is 14.8 Å². The molecule has 0 aliphatic carbocycles. The number of nitrogens with one attached hydrogen (secondary N) is 1. The van der Waals surface area contributed by atoms with Crippen LogP contribution in [-0.2, 0) is 13.2 Å². The van der Waals surface area contributed by atoms with Crippen LogP contribution in [0.1, 0.15) is 42.5 Å². The molecule has 0 saturated heterocycles. The first-order chi connectivity index (χ1) is 17.6. The first-order valence-corrected chi connectivity index (χ1v) is 12.9. The van der Waals surface area contributed by atoms with Gasteiger partial charge in [0.15, 0.2) is 0 Å². The number of aromatic nitrogens is 1. The number of allylic oxidation sites excluding steroid dienone is 1. The van der Waals surface area contributed by atoms with Crippen LogP contribution in [0.2, 0.25) is 0 Å². The third-order valence-electron chi connectivity index (χ3n) is 6.03. The van der Waals surface area contributed by atoms with E-state index in [-0.39, 0.29) is 0 Å². The van der Waals surface area contributed by atoms with Gasteiger partial charge in [-0.1, -0.05) is 95.2 Å². The minimum atomic E-state index is 0.417. The van der Waals surface area contributed by atoms with E-state index in [1.807, 2.05) is 61.6 Å². The largest absolute Gasteiger partial charge is 0.473 e. The lowest BCUT2D eigenvalue weighted by molar-refractivity contribution is 0.267. The van der Waals surface area contributed by atoms with Crippen LogP contribution >= 0.6 is 15.9 Å². The van der Waals surface area contributed by atoms with Crippen molar-refractivity contribution in [1.82, 2.24) is 4.98 Å². The summed E-state index contributed by atoms with van der Waals surface area (Å²) in [7, 11) is 1.94. The molecular formula is C31H31BrN2O2. The molecule has 0 spiro atoms. The van der Waals surface area contributed by atoms with Crippen molar-refractivity contribution in [3.05, 3.63) is 123 Å². The van der Waals surface area contributed by atoms with E-state index < -0.39 is 0 Å². The number of halogens is 1. The summed E-state index contributed by atoms with van der Waals surface area (Å²) in [5.41, 5.74) is 7.60. The van der Waals surface area contributed by atoms with Gasteiger partial charge in [0.05, 0.1) is 0 Å². The molecule has 0 radical (unpaired) electrons. The van der Waals surface area contributed by atoms with Gasteiger partial charge in [0.1, 0.15) is 13.2 Å². The lowest BCUT2D eigenvalue weighted by Crippen LogP contribution is -2.06. The molecule has 0 atom stereocenters. The molecule has 0 fully saturated rings. The highest BCUT2D eigenvalue weighted by Crippen LogP contribution is 2.39. The van der Waals surface area contributed by atoms with E-state index in [1.54, 1.807) is 0 Å². The van der Waals surface area contributed by atoms with Crippen molar-refractivity contribution >= 4 is 27.2 Å². The molecule has 3 aromatic carbocycles. The fraction of sp³-hybridized carbons (Fsp3) is 0.194. The molecule has 0 amide bonds. The predicted octanol–water partition coefficient (Wildman–Crippen LogP) is 8.28. The summed E-state index contributed by atoms with van der Waals surface area (Å²) in [6.07, 6.45) is 0.902. The van der Waals surface area contributed by atoms with Crippen molar-refractivity contribution in [2.75, 3.05) is 12.4 Å². The number of benzene rings is 3. The Kier molecular flexibility index (Phi) is 8.80. The normalized spacial score (nSPS) is 11.6. The Balaban J connectivity index is 1.75. The highest BCUT2D eigenvalue weighted by Gasteiger charge is 2.19.